The van der Waals surface area contributed by atoms with Gasteiger partial charge in [0.15, 0.2) is 17.2 Å². The van der Waals surface area contributed by atoms with Crippen molar-refractivity contribution < 1.29 is 18.1 Å². The van der Waals surface area contributed by atoms with Crippen LogP contribution in [0.2, 0.25) is 0 Å². The van der Waals surface area contributed by atoms with E-state index < -0.39 is 7.82 Å². The number of benzene rings is 3. The van der Waals surface area contributed by atoms with Crippen molar-refractivity contribution in [1.29, 1.82) is 0 Å². The van der Waals surface area contributed by atoms with Crippen molar-refractivity contribution in [2.24, 2.45) is 0 Å². The lowest BCUT2D eigenvalue weighted by molar-refractivity contribution is 0.300. The Balaban J connectivity index is 2.06. The second-order valence-corrected chi connectivity index (χ2v) is 8.80. The molecule has 0 aromatic heterocycles. The Morgan fingerprint density at radius 2 is 0.771 bits per heavy atom. The van der Waals surface area contributed by atoms with Crippen LogP contribution in [0.25, 0.3) is 0 Å². The number of anilines is 6. The molecule has 0 aliphatic rings. The molecule has 6 N–H and O–H groups in total. The Morgan fingerprint density at radius 3 is 1.00 bits per heavy atom. The van der Waals surface area contributed by atoms with Crippen molar-refractivity contribution in [2.45, 2.75) is 0 Å². The molecule has 0 aliphatic heterocycles. The fourth-order valence-corrected chi connectivity index (χ4v) is 4.61. The number of hydrogen-bond donors (Lipinski definition) is 6. The highest BCUT2D eigenvalue weighted by Gasteiger charge is 2.36. The van der Waals surface area contributed by atoms with Crippen LogP contribution in [0.1, 0.15) is 0 Å². The average molecular weight is 501 g/mol. The lowest BCUT2D eigenvalue weighted by Gasteiger charge is -2.23. The normalized spacial score (nSPS) is 10.7. The molecule has 10 nitrogen and oxygen atoms in total. The van der Waals surface area contributed by atoms with E-state index >= 15 is 0 Å². The van der Waals surface area contributed by atoms with Gasteiger partial charge in [0, 0.05) is 59.3 Å². The van der Waals surface area contributed by atoms with Crippen LogP contribution in [-0.2, 0) is 4.57 Å². The number of phosphoric acid groups is 1. The van der Waals surface area contributed by atoms with Crippen LogP contribution in [-0.4, -0.2) is 42.3 Å². The molecule has 0 saturated heterocycles. The van der Waals surface area contributed by atoms with Crippen LogP contribution >= 0.6 is 7.82 Å². The maximum atomic E-state index is 14.2. The summed E-state index contributed by atoms with van der Waals surface area (Å²) in [5.74, 6) is 0.932. The molecular weight excluding hydrogens is 467 g/mol. The zero-order valence-corrected chi connectivity index (χ0v) is 21.7. The predicted octanol–water partition coefficient (Wildman–Crippen LogP) is 5.58. The summed E-state index contributed by atoms with van der Waals surface area (Å²) in [5.41, 5.74) is 4.42. The summed E-state index contributed by atoms with van der Waals surface area (Å²) in [5, 5.41) is 18.4. The molecule has 35 heavy (non-hydrogen) atoms. The molecule has 0 spiro atoms. The zero-order chi connectivity index (χ0) is 25.4. The van der Waals surface area contributed by atoms with E-state index in [2.05, 4.69) is 31.9 Å². The Hall–Kier alpha value is -3.91. The quantitative estimate of drug-likeness (QED) is 0.176. The molecule has 0 fully saturated rings. The minimum atomic E-state index is -4.26. The average Bonchev–Trinajstić information content (AvgIpc) is 2.89. The summed E-state index contributed by atoms with van der Waals surface area (Å²) in [6, 6.07) is 16.0. The van der Waals surface area contributed by atoms with E-state index in [1.165, 1.54) is 0 Å². The number of phosphoric ester groups is 1. The molecule has 0 bridgehead atoms. The summed E-state index contributed by atoms with van der Waals surface area (Å²) in [4.78, 5) is 0. The van der Waals surface area contributed by atoms with Crippen LogP contribution in [0.3, 0.4) is 0 Å². The molecule has 3 aromatic carbocycles. The Labute approximate surface area is 206 Å². The third kappa shape index (κ3) is 6.16. The van der Waals surface area contributed by atoms with E-state index in [0.717, 1.165) is 17.1 Å². The van der Waals surface area contributed by atoms with Gasteiger partial charge in [-0.15, -0.1) is 0 Å². The lowest BCUT2D eigenvalue weighted by atomic mass is 10.2. The van der Waals surface area contributed by atoms with Gasteiger partial charge in [-0.1, -0.05) is 0 Å². The zero-order valence-electron chi connectivity index (χ0n) is 20.8. The van der Waals surface area contributed by atoms with Gasteiger partial charge in [0.1, 0.15) is 0 Å². The molecule has 11 heteroatoms. The van der Waals surface area contributed by atoms with Crippen LogP contribution in [0.15, 0.2) is 54.6 Å². The maximum Gasteiger partial charge on any atom is 0.647 e. The minimum absolute atomic E-state index is 0.311. The molecule has 0 atom stereocenters. The smallest absolute Gasteiger partial charge is 0.388 e. The molecule has 0 amide bonds. The summed E-state index contributed by atoms with van der Waals surface area (Å²) in [6.07, 6.45) is 0. The van der Waals surface area contributed by atoms with Gasteiger partial charge < -0.3 is 45.5 Å². The Morgan fingerprint density at radius 1 is 0.486 bits per heavy atom. The highest BCUT2D eigenvalue weighted by atomic mass is 31.2. The van der Waals surface area contributed by atoms with E-state index in [4.69, 9.17) is 13.6 Å². The van der Waals surface area contributed by atoms with E-state index in [9.17, 15) is 4.57 Å². The van der Waals surface area contributed by atoms with Gasteiger partial charge in [-0.25, -0.2) is 0 Å². The van der Waals surface area contributed by atoms with E-state index in [0.29, 0.717) is 34.3 Å². The van der Waals surface area contributed by atoms with E-state index in [-0.39, 0.29) is 0 Å². The second-order valence-electron chi connectivity index (χ2n) is 7.35. The molecule has 0 radical (unpaired) electrons. The van der Waals surface area contributed by atoms with Gasteiger partial charge >= 0.3 is 7.82 Å². The first-order valence-electron chi connectivity index (χ1n) is 11.1. The van der Waals surface area contributed by atoms with Gasteiger partial charge in [-0.05, 0) is 54.6 Å². The molecule has 0 heterocycles. The van der Waals surface area contributed by atoms with Crippen LogP contribution in [0.4, 0.5) is 34.1 Å². The van der Waals surface area contributed by atoms with Crippen molar-refractivity contribution in [2.75, 3.05) is 74.2 Å². The third-order valence-corrected chi connectivity index (χ3v) is 6.50. The standard InChI is InChI=1S/C24H33N6O4P/c1-25-16-7-10-22(19(13-16)28-4)32-35(31,33-23-11-8-17(26-2)14-20(23)29-5)34-24-12-9-18(27-3)15-21(24)30-6/h7-15,25-30H,1-6H3. The van der Waals surface area contributed by atoms with Crippen molar-refractivity contribution in [3.8, 4) is 17.2 Å². The maximum absolute atomic E-state index is 14.2. The number of hydrogen-bond acceptors (Lipinski definition) is 10. The third-order valence-electron chi connectivity index (χ3n) is 5.24. The summed E-state index contributed by atoms with van der Waals surface area (Å²) in [7, 11) is 6.43. The van der Waals surface area contributed by atoms with Crippen LogP contribution < -0.4 is 45.5 Å². The Bertz CT molecular complexity index is 1060. The van der Waals surface area contributed by atoms with Gasteiger partial charge in [-0.3, -0.25) is 0 Å². The van der Waals surface area contributed by atoms with Gasteiger partial charge in [-0.2, -0.15) is 4.57 Å². The Kier molecular flexibility index (Phi) is 8.43. The first-order chi connectivity index (χ1) is 16.9. The fraction of sp³-hybridized carbons (Fsp3) is 0.250. The molecule has 3 rings (SSSR count). The highest BCUT2D eigenvalue weighted by Crippen LogP contribution is 2.54. The SMILES string of the molecule is CNc1ccc(OP(=O)(Oc2ccc(NC)cc2NC)Oc2ccc(NC)cc2NC)c(NC)c1. The highest BCUT2D eigenvalue weighted by molar-refractivity contribution is 7.49. The van der Waals surface area contributed by atoms with Gasteiger partial charge in [0.05, 0.1) is 17.1 Å². The molecule has 188 valence electrons. The molecule has 0 saturated carbocycles. The first kappa shape index (κ1) is 25.7. The van der Waals surface area contributed by atoms with Crippen molar-refractivity contribution in [3.05, 3.63) is 54.6 Å². The lowest BCUT2D eigenvalue weighted by Crippen LogP contribution is -2.11. The van der Waals surface area contributed by atoms with Gasteiger partial charge in [0.2, 0.25) is 0 Å². The fourth-order valence-electron chi connectivity index (χ4n) is 3.30. The number of nitrogens with one attached hydrogen (secondary N) is 6. The monoisotopic (exact) mass is 500 g/mol. The topological polar surface area (TPSA) is 117 Å². The largest absolute Gasteiger partial charge is 0.647 e. The molecule has 3 aromatic rings. The summed E-state index contributed by atoms with van der Waals surface area (Å²) >= 11 is 0. The summed E-state index contributed by atoms with van der Waals surface area (Å²) < 4.78 is 32.1. The van der Waals surface area contributed by atoms with Gasteiger partial charge in [0.25, 0.3) is 0 Å². The van der Waals surface area contributed by atoms with Crippen LogP contribution in [0, 0.1) is 0 Å². The van der Waals surface area contributed by atoms with Crippen molar-refractivity contribution >= 4 is 41.9 Å². The van der Waals surface area contributed by atoms with E-state index in [1.54, 1.807) is 39.3 Å². The molecular formula is C24H33N6O4P. The molecule has 0 aliphatic carbocycles. The van der Waals surface area contributed by atoms with E-state index in [1.807, 2.05) is 57.5 Å². The van der Waals surface area contributed by atoms with Crippen molar-refractivity contribution in [1.82, 2.24) is 0 Å². The van der Waals surface area contributed by atoms with Crippen molar-refractivity contribution in [3.63, 3.8) is 0 Å². The minimum Gasteiger partial charge on any atom is -0.388 e. The second kappa shape index (κ2) is 11.5. The molecule has 0 unspecified atom stereocenters. The number of rotatable bonds is 12. The first-order valence-corrected chi connectivity index (χ1v) is 12.5. The van der Waals surface area contributed by atoms with Crippen LogP contribution in [0.5, 0.6) is 17.2 Å². The summed E-state index contributed by atoms with van der Waals surface area (Å²) in [6.45, 7) is 0. The predicted molar refractivity (Wildman–Crippen MR) is 146 cm³/mol.